The van der Waals surface area contributed by atoms with Crippen LogP contribution in [0.5, 0.6) is 0 Å². The topological polar surface area (TPSA) is 84.0 Å². The van der Waals surface area contributed by atoms with Crippen LogP contribution in [0, 0.1) is 0 Å². The average Bonchev–Trinajstić information content (AvgIpc) is 2.22. The number of thiol groups is 1. The summed E-state index contributed by atoms with van der Waals surface area (Å²) in [5.41, 5.74) is -0.612. The summed E-state index contributed by atoms with van der Waals surface area (Å²) < 4.78 is 1.25. The van der Waals surface area contributed by atoms with E-state index in [1.54, 1.807) is 0 Å². The van der Waals surface area contributed by atoms with Crippen molar-refractivity contribution in [3.8, 4) is 0 Å². The van der Waals surface area contributed by atoms with Crippen molar-refractivity contribution in [1.29, 1.82) is 0 Å². The molecule has 88 valence electrons. The fraction of sp³-hybridized carbons (Fsp3) is 0.444. The molecule has 0 aliphatic rings. The van der Waals surface area contributed by atoms with Gasteiger partial charge in [-0.2, -0.15) is 12.6 Å². The molecular formula is C9H13N3O3S. The molecule has 1 heterocycles. The van der Waals surface area contributed by atoms with Crippen LogP contribution >= 0.6 is 12.6 Å². The highest BCUT2D eigenvalue weighted by Crippen LogP contribution is 1.88. The number of H-pyrrole nitrogens is 1. The van der Waals surface area contributed by atoms with Crippen molar-refractivity contribution in [1.82, 2.24) is 14.9 Å². The first-order valence-electron chi connectivity index (χ1n) is 4.71. The molecule has 0 bridgehead atoms. The third-order valence-electron chi connectivity index (χ3n) is 2.00. The fourth-order valence-electron chi connectivity index (χ4n) is 1.13. The number of amides is 1. The number of nitrogens with one attached hydrogen (secondary N) is 2. The van der Waals surface area contributed by atoms with Crippen LogP contribution in [0.2, 0.25) is 0 Å². The summed E-state index contributed by atoms with van der Waals surface area (Å²) in [7, 11) is 1.53. The first-order valence-corrected chi connectivity index (χ1v) is 5.34. The lowest BCUT2D eigenvalue weighted by atomic mass is 10.3. The molecule has 0 fully saturated rings. The van der Waals surface area contributed by atoms with Gasteiger partial charge in [-0.25, -0.2) is 4.79 Å². The van der Waals surface area contributed by atoms with Crippen molar-refractivity contribution in [3.05, 3.63) is 32.6 Å². The van der Waals surface area contributed by atoms with E-state index in [0.717, 1.165) is 0 Å². The van der Waals surface area contributed by atoms with Crippen molar-refractivity contribution in [2.24, 2.45) is 7.05 Å². The van der Waals surface area contributed by atoms with Gasteiger partial charge in [-0.1, -0.05) is 0 Å². The minimum Gasteiger partial charge on any atom is -0.352 e. The van der Waals surface area contributed by atoms with Gasteiger partial charge in [0.15, 0.2) is 0 Å². The highest BCUT2D eigenvalue weighted by Gasteiger charge is 2.04. The molecule has 1 aromatic heterocycles. The standard InChI is InChI=1S/C9H13N3O3S/c1-12-5-6(8(14)11-9(12)15)4-10-7(13)2-3-16/h5,16H,2-4H2,1H3,(H,10,13)(H,11,14,15). The summed E-state index contributed by atoms with van der Waals surface area (Å²) in [6, 6.07) is 0. The molecular weight excluding hydrogens is 230 g/mol. The van der Waals surface area contributed by atoms with Crippen LogP contribution < -0.4 is 16.6 Å². The Balaban J connectivity index is 2.75. The van der Waals surface area contributed by atoms with Gasteiger partial charge in [-0.3, -0.25) is 14.6 Å². The monoisotopic (exact) mass is 243 g/mol. The average molecular weight is 243 g/mol. The quantitative estimate of drug-likeness (QED) is 0.594. The lowest BCUT2D eigenvalue weighted by Crippen LogP contribution is -2.33. The zero-order chi connectivity index (χ0) is 12.1. The molecule has 0 unspecified atom stereocenters. The molecule has 1 aromatic rings. The SMILES string of the molecule is Cn1cc(CNC(=O)CCS)c(=O)[nH]c1=O. The van der Waals surface area contributed by atoms with Gasteiger partial charge in [0.05, 0.1) is 5.56 Å². The van der Waals surface area contributed by atoms with Crippen molar-refractivity contribution in [2.75, 3.05) is 5.75 Å². The maximum Gasteiger partial charge on any atom is 0.328 e. The fourth-order valence-corrected chi connectivity index (χ4v) is 1.33. The summed E-state index contributed by atoms with van der Waals surface area (Å²) >= 11 is 3.92. The van der Waals surface area contributed by atoms with Gasteiger partial charge in [-0.05, 0) is 5.75 Å². The van der Waals surface area contributed by atoms with E-state index in [0.29, 0.717) is 17.7 Å². The van der Waals surface area contributed by atoms with E-state index < -0.39 is 11.2 Å². The number of nitrogens with zero attached hydrogens (tertiary/aromatic N) is 1. The Labute approximate surface area is 97.1 Å². The Kier molecular flexibility index (Phi) is 4.36. The molecule has 1 amide bonds. The van der Waals surface area contributed by atoms with Crippen LogP contribution in [0.4, 0.5) is 0 Å². The molecule has 0 aromatic carbocycles. The number of aryl methyl sites for hydroxylation is 1. The number of hydrogen-bond acceptors (Lipinski definition) is 4. The molecule has 0 atom stereocenters. The second kappa shape index (κ2) is 5.55. The minimum atomic E-state index is -0.478. The number of carbonyl (C=O) groups is 1. The maximum absolute atomic E-state index is 11.3. The summed E-state index contributed by atoms with van der Waals surface area (Å²) in [6.07, 6.45) is 1.70. The molecule has 0 saturated heterocycles. The largest absolute Gasteiger partial charge is 0.352 e. The molecule has 0 spiro atoms. The van der Waals surface area contributed by atoms with Crippen LogP contribution in [0.1, 0.15) is 12.0 Å². The number of aromatic amines is 1. The van der Waals surface area contributed by atoms with E-state index in [2.05, 4.69) is 22.9 Å². The third kappa shape index (κ3) is 3.27. The Hall–Kier alpha value is -1.50. The Morgan fingerprint density at radius 1 is 1.56 bits per heavy atom. The lowest BCUT2D eigenvalue weighted by molar-refractivity contribution is -0.120. The van der Waals surface area contributed by atoms with Gasteiger partial charge < -0.3 is 9.88 Å². The van der Waals surface area contributed by atoms with E-state index in [4.69, 9.17) is 0 Å². The highest BCUT2D eigenvalue weighted by atomic mass is 32.1. The number of rotatable bonds is 4. The van der Waals surface area contributed by atoms with E-state index in [9.17, 15) is 14.4 Å². The van der Waals surface area contributed by atoms with Crippen molar-refractivity contribution in [2.45, 2.75) is 13.0 Å². The third-order valence-corrected chi connectivity index (χ3v) is 2.22. The van der Waals surface area contributed by atoms with E-state index in [1.165, 1.54) is 17.8 Å². The van der Waals surface area contributed by atoms with Crippen molar-refractivity contribution < 1.29 is 4.79 Å². The summed E-state index contributed by atoms with van der Waals surface area (Å²) in [6.45, 7) is 0.107. The Morgan fingerprint density at radius 2 is 2.25 bits per heavy atom. The second-order valence-corrected chi connectivity index (χ2v) is 3.72. The number of carbonyl (C=O) groups excluding carboxylic acids is 1. The van der Waals surface area contributed by atoms with Gasteiger partial charge >= 0.3 is 5.69 Å². The molecule has 6 nitrogen and oxygen atoms in total. The van der Waals surface area contributed by atoms with Gasteiger partial charge in [0.1, 0.15) is 0 Å². The van der Waals surface area contributed by atoms with Crippen LogP contribution in [0.15, 0.2) is 15.8 Å². The smallest absolute Gasteiger partial charge is 0.328 e. The van der Waals surface area contributed by atoms with Gasteiger partial charge in [0.25, 0.3) is 5.56 Å². The van der Waals surface area contributed by atoms with Crippen LogP contribution in [0.3, 0.4) is 0 Å². The van der Waals surface area contributed by atoms with Crippen LogP contribution in [0.25, 0.3) is 0 Å². The number of hydrogen-bond donors (Lipinski definition) is 3. The second-order valence-electron chi connectivity index (χ2n) is 3.27. The van der Waals surface area contributed by atoms with Gasteiger partial charge in [0.2, 0.25) is 5.91 Å². The number of aromatic nitrogens is 2. The van der Waals surface area contributed by atoms with Crippen LogP contribution in [-0.2, 0) is 18.4 Å². The summed E-state index contributed by atoms with van der Waals surface area (Å²) in [4.78, 5) is 35.7. The molecule has 1 rings (SSSR count). The maximum atomic E-state index is 11.3. The van der Waals surface area contributed by atoms with Crippen LogP contribution in [-0.4, -0.2) is 21.2 Å². The lowest BCUT2D eigenvalue weighted by Gasteiger charge is -2.04. The molecule has 2 N–H and O–H groups in total. The molecule has 16 heavy (non-hydrogen) atoms. The molecule has 0 radical (unpaired) electrons. The van der Waals surface area contributed by atoms with E-state index >= 15 is 0 Å². The zero-order valence-electron chi connectivity index (χ0n) is 8.82. The predicted molar refractivity (Wildman–Crippen MR) is 62.6 cm³/mol. The van der Waals surface area contributed by atoms with Gasteiger partial charge in [0, 0.05) is 26.2 Å². The first kappa shape index (κ1) is 12.6. The molecule has 7 heteroatoms. The van der Waals surface area contributed by atoms with Gasteiger partial charge in [-0.15, -0.1) is 0 Å². The Bertz CT molecular complexity index is 492. The highest BCUT2D eigenvalue weighted by molar-refractivity contribution is 7.80. The van der Waals surface area contributed by atoms with Crippen molar-refractivity contribution in [3.63, 3.8) is 0 Å². The summed E-state index contributed by atoms with van der Waals surface area (Å²) in [5.74, 6) is 0.276. The van der Waals surface area contributed by atoms with E-state index in [-0.39, 0.29) is 12.5 Å². The minimum absolute atomic E-state index is 0.107. The van der Waals surface area contributed by atoms with E-state index in [1.807, 2.05) is 0 Å². The Morgan fingerprint density at radius 3 is 2.88 bits per heavy atom. The predicted octanol–water partition coefficient (Wildman–Crippen LogP) is -0.990. The molecule has 0 saturated carbocycles. The molecule has 0 aliphatic carbocycles. The summed E-state index contributed by atoms with van der Waals surface area (Å²) in [5, 5.41) is 2.56. The van der Waals surface area contributed by atoms with Crippen molar-refractivity contribution >= 4 is 18.5 Å². The first-order chi connectivity index (χ1) is 7.54. The zero-order valence-corrected chi connectivity index (χ0v) is 9.71. The molecule has 0 aliphatic heterocycles. The normalized spacial score (nSPS) is 10.1.